The van der Waals surface area contributed by atoms with Crippen molar-refractivity contribution in [2.45, 2.75) is 31.9 Å². The van der Waals surface area contributed by atoms with Crippen molar-refractivity contribution in [3.8, 4) is 0 Å². The van der Waals surface area contributed by atoms with Crippen molar-refractivity contribution in [3.63, 3.8) is 0 Å². The van der Waals surface area contributed by atoms with Crippen LogP contribution in [0.25, 0.3) is 0 Å². The molecule has 14 heavy (non-hydrogen) atoms. The van der Waals surface area contributed by atoms with E-state index in [-0.39, 0.29) is 12.1 Å². The van der Waals surface area contributed by atoms with Crippen molar-refractivity contribution in [2.24, 2.45) is 0 Å². The molecular weight excluding hydrogens is 198 g/mol. The molecule has 1 saturated carbocycles. The van der Waals surface area contributed by atoms with Crippen LogP contribution in [0.5, 0.6) is 0 Å². The number of aryl methyl sites for hydroxylation is 1. The van der Waals surface area contributed by atoms with E-state index < -0.39 is 0 Å². The molecule has 1 aliphatic rings. The Hall–Kier alpha value is -0.730. The van der Waals surface area contributed by atoms with Gasteiger partial charge in [0.15, 0.2) is 0 Å². The van der Waals surface area contributed by atoms with Crippen LogP contribution in [0.3, 0.4) is 0 Å². The molecule has 0 aromatic heterocycles. The van der Waals surface area contributed by atoms with Crippen molar-refractivity contribution >= 4 is 17.3 Å². The van der Waals surface area contributed by atoms with Crippen LogP contribution in [-0.4, -0.2) is 17.3 Å². The van der Waals surface area contributed by atoms with Gasteiger partial charge < -0.3 is 10.4 Å². The third-order valence-electron chi connectivity index (χ3n) is 2.70. The fourth-order valence-electron chi connectivity index (χ4n) is 1.59. The van der Waals surface area contributed by atoms with Crippen molar-refractivity contribution in [3.05, 3.63) is 28.8 Å². The van der Waals surface area contributed by atoms with Crippen molar-refractivity contribution in [2.75, 3.05) is 5.32 Å². The van der Waals surface area contributed by atoms with Gasteiger partial charge in [-0.1, -0.05) is 17.7 Å². The van der Waals surface area contributed by atoms with E-state index >= 15 is 0 Å². The lowest BCUT2D eigenvalue weighted by Gasteiger charge is -2.34. The minimum atomic E-state index is -0.215. The largest absolute Gasteiger partial charge is 0.391 e. The normalized spacial score (nSPS) is 25.6. The summed E-state index contributed by atoms with van der Waals surface area (Å²) >= 11 is 6.06. The van der Waals surface area contributed by atoms with Gasteiger partial charge in [-0.05, 0) is 37.5 Å². The molecule has 2 rings (SSSR count). The van der Waals surface area contributed by atoms with E-state index in [1.165, 1.54) is 0 Å². The lowest BCUT2D eigenvalue weighted by molar-refractivity contribution is 0.0786. The molecule has 1 fully saturated rings. The average Bonchev–Trinajstić information content (AvgIpc) is 2.14. The van der Waals surface area contributed by atoms with Crippen LogP contribution in [0.4, 0.5) is 5.69 Å². The first-order valence-corrected chi connectivity index (χ1v) is 5.25. The maximum Gasteiger partial charge on any atom is 0.0742 e. The first kappa shape index (κ1) is 9.81. The molecule has 2 unspecified atom stereocenters. The van der Waals surface area contributed by atoms with Gasteiger partial charge in [0.2, 0.25) is 0 Å². The molecule has 0 radical (unpaired) electrons. The molecule has 0 amide bonds. The Morgan fingerprint density at radius 3 is 2.71 bits per heavy atom. The zero-order valence-electron chi connectivity index (χ0n) is 8.13. The summed E-state index contributed by atoms with van der Waals surface area (Å²) in [4.78, 5) is 0. The molecule has 1 aliphatic carbocycles. The van der Waals surface area contributed by atoms with Crippen molar-refractivity contribution in [1.82, 2.24) is 0 Å². The van der Waals surface area contributed by atoms with Crippen LogP contribution < -0.4 is 5.32 Å². The Labute approximate surface area is 88.9 Å². The molecule has 2 nitrogen and oxygen atoms in total. The Morgan fingerprint density at radius 2 is 2.21 bits per heavy atom. The van der Waals surface area contributed by atoms with Gasteiger partial charge in [-0.15, -0.1) is 0 Å². The highest BCUT2D eigenvalue weighted by molar-refractivity contribution is 6.33. The lowest BCUT2D eigenvalue weighted by atomic mass is 9.89. The van der Waals surface area contributed by atoms with Crippen molar-refractivity contribution in [1.29, 1.82) is 0 Å². The monoisotopic (exact) mass is 211 g/mol. The molecule has 3 heteroatoms. The fraction of sp³-hybridized carbons (Fsp3) is 0.455. The zero-order valence-corrected chi connectivity index (χ0v) is 8.88. The second-order valence-electron chi connectivity index (χ2n) is 3.88. The third-order valence-corrected chi connectivity index (χ3v) is 3.02. The van der Waals surface area contributed by atoms with E-state index in [2.05, 4.69) is 5.32 Å². The minimum absolute atomic E-state index is 0.176. The third kappa shape index (κ3) is 1.86. The molecule has 2 N–H and O–H groups in total. The molecular formula is C11H14ClNO. The van der Waals surface area contributed by atoms with Gasteiger partial charge in [-0.2, -0.15) is 0 Å². The molecule has 1 aromatic carbocycles. The summed E-state index contributed by atoms with van der Waals surface area (Å²) in [5, 5.41) is 13.4. The zero-order chi connectivity index (χ0) is 10.1. The van der Waals surface area contributed by atoms with Crippen LogP contribution in [0.2, 0.25) is 5.02 Å². The van der Waals surface area contributed by atoms with Crippen LogP contribution in [0.15, 0.2) is 18.2 Å². The first-order chi connectivity index (χ1) is 6.66. The van der Waals surface area contributed by atoms with Crippen molar-refractivity contribution < 1.29 is 5.11 Å². The molecule has 0 bridgehead atoms. The standard InChI is InChI=1S/C11H14ClNO/c1-7-2-3-9(8(12)6-7)13-10-4-5-11(10)14/h2-3,6,10-11,13-14H,4-5H2,1H3. The van der Waals surface area contributed by atoms with E-state index in [4.69, 9.17) is 11.6 Å². The van der Waals surface area contributed by atoms with E-state index in [1.54, 1.807) is 0 Å². The molecule has 0 spiro atoms. The van der Waals surface area contributed by atoms with E-state index in [0.29, 0.717) is 0 Å². The molecule has 0 aliphatic heterocycles. The Morgan fingerprint density at radius 1 is 1.43 bits per heavy atom. The number of halogens is 1. The second kappa shape index (κ2) is 3.79. The number of hydrogen-bond donors (Lipinski definition) is 2. The molecule has 0 saturated heterocycles. The summed E-state index contributed by atoms with van der Waals surface area (Å²) in [5.41, 5.74) is 2.07. The number of aliphatic hydroxyl groups is 1. The second-order valence-corrected chi connectivity index (χ2v) is 4.29. The lowest BCUT2D eigenvalue weighted by Crippen LogP contribution is -2.42. The highest BCUT2D eigenvalue weighted by Gasteiger charge is 2.28. The molecule has 76 valence electrons. The van der Waals surface area contributed by atoms with Gasteiger partial charge in [0.25, 0.3) is 0 Å². The van der Waals surface area contributed by atoms with Gasteiger partial charge in [-0.3, -0.25) is 0 Å². The predicted octanol–water partition coefficient (Wildman–Crippen LogP) is 2.58. The summed E-state index contributed by atoms with van der Waals surface area (Å²) in [7, 11) is 0. The number of nitrogens with one attached hydrogen (secondary N) is 1. The fourth-order valence-corrected chi connectivity index (χ4v) is 1.88. The van der Waals surface area contributed by atoms with Crippen LogP contribution in [-0.2, 0) is 0 Å². The van der Waals surface area contributed by atoms with E-state index in [1.807, 2.05) is 25.1 Å². The van der Waals surface area contributed by atoms with Crippen LogP contribution >= 0.6 is 11.6 Å². The van der Waals surface area contributed by atoms with Gasteiger partial charge in [0.05, 0.1) is 22.9 Å². The predicted molar refractivity (Wildman–Crippen MR) is 58.8 cm³/mol. The Kier molecular flexibility index (Phi) is 2.66. The number of rotatable bonds is 2. The smallest absolute Gasteiger partial charge is 0.0742 e. The number of benzene rings is 1. The topological polar surface area (TPSA) is 32.3 Å². The summed E-state index contributed by atoms with van der Waals surface area (Å²) in [5.74, 6) is 0. The molecule has 1 aromatic rings. The molecule has 2 atom stereocenters. The minimum Gasteiger partial charge on any atom is -0.391 e. The van der Waals surface area contributed by atoms with Gasteiger partial charge in [0.1, 0.15) is 0 Å². The van der Waals surface area contributed by atoms with Gasteiger partial charge in [-0.25, -0.2) is 0 Å². The highest BCUT2D eigenvalue weighted by atomic mass is 35.5. The summed E-state index contributed by atoms with van der Waals surface area (Å²) < 4.78 is 0. The van der Waals surface area contributed by atoms with Crippen LogP contribution in [0.1, 0.15) is 18.4 Å². The summed E-state index contributed by atoms with van der Waals surface area (Å²) in [6.07, 6.45) is 1.69. The maximum atomic E-state index is 9.41. The van der Waals surface area contributed by atoms with Gasteiger partial charge >= 0.3 is 0 Å². The van der Waals surface area contributed by atoms with E-state index in [9.17, 15) is 5.11 Å². The van der Waals surface area contributed by atoms with Crippen LogP contribution in [0, 0.1) is 6.92 Å². The molecule has 0 heterocycles. The number of aliphatic hydroxyl groups excluding tert-OH is 1. The first-order valence-electron chi connectivity index (χ1n) is 4.87. The Bertz CT molecular complexity index is 340. The SMILES string of the molecule is Cc1ccc(NC2CCC2O)c(Cl)c1. The number of anilines is 1. The van der Waals surface area contributed by atoms with Gasteiger partial charge in [0, 0.05) is 0 Å². The summed E-state index contributed by atoms with van der Waals surface area (Å²) in [6, 6.07) is 6.08. The average molecular weight is 212 g/mol. The summed E-state index contributed by atoms with van der Waals surface area (Å²) in [6.45, 7) is 2.01. The number of hydrogen-bond acceptors (Lipinski definition) is 2. The Balaban J connectivity index is 2.09. The quantitative estimate of drug-likeness (QED) is 0.788. The maximum absolute atomic E-state index is 9.41. The van der Waals surface area contributed by atoms with E-state index in [0.717, 1.165) is 29.1 Å². The highest BCUT2D eigenvalue weighted by Crippen LogP contribution is 2.28.